The molecular weight excluding hydrogens is 417 g/mol. The Morgan fingerprint density at radius 1 is 1.15 bits per heavy atom. The molecule has 0 aliphatic heterocycles. The van der Waals surface area contributed by atoms with E-state index in [-0.39, 0.29) is 24.9 Å². The number of hydrogen-bond donors (Lipinski definition) is 2. The summed E-state index contributed by atoms with van der Waals surface area (Å²) in [5.74, 6) is -0.112. The molecule has 3 aromatic rings. The quantitative estimate of drug-likeness (QED) is 0.378. The van der Waals surface area contributed by atoms with Gasteiger partial charge in [0.05, 0.1) is 6.42 Å². The molecule has 0 aromatic heterocycles. The fraction of sp³-hybridized carbons (Fsp3) is 0.321. The molecule has 33 heavy (non-hydrogen) atoms. The first kappa shape index (κ1) is 23.0. The smallest absolute Gasteiger partial charge is 0.307 e. The zero-order valence-corrected chi connectivity index (χ0v) is 18.9. The van der Waals surface area contributed by atoms with Gasteiger partial charge in [-0.1, -0.05) is 61.9 Å². The summed E-state index contributed by atoms with van der Waals surface area (Å²) in [7, 11) is 0. The van der Waals surface area contributed by atoms with Crippen molar-refractivity contribution in [1.82, 2.24) is 0 Å². The maximum Gasteiger partial charge on any atom is 0.307 e. The number of para-hydroxylation sites is 1. The van der Waals surface area contributed by atoms with Crippen molar-refractivity contribution in [3.8, 4) is 16.9 Å². The van der Waals surface area contributed by atoms with Crippen LogP contribution in [-0.4, -0.2) is 11.1 Å². The van der Waals surface area contributed by atoms with E-state index in [2.05, 4.69) is 12.1 Å². The molecule has 3 aromatic carbocycles. The van der Waals surface area contributed by atoms with E-state index < -0.39 is 5.97 Å². The van der Waals surface area contributed by atoms with Gasteiger partial charge in [-0.05, 0) is 54.0 Å². The Morgan fingerprint density at radius 3 is 2.67 bits per heavy atom. The standard InChI is InChI=1S/C28H30FNO3/c1-2-6-25(30)24-9-5-8-23(28(24)29)22-14-18(13-21(15-22)19-11-12-19)17-33-26-10-4-3-7-20(26)16-27(31)32/h3-5,7-10,13-15,19,25H,2,6,11-12,16-17,30H2,1H3,(H,31,32). The molecule has 1 fully saturated rings. The van der Waals surface area contributed by atoms with Crippen LogP contribution in [0, 0.1) is 5.82 Å². The molecule has 4 nitrogen and oxygen atoms in total. The molecule has 0 bridgehead atoms. The summed E-state index contributed by atoms with van der Waals surface area (Å²) in [6, 6.07) is 18.4. The van der Waals surface area contributed by atoms with Crippen molar-refractivity contribution in [2.75, 3.05) is 0 Å². The minimum absolute atomic E-state index is 0.0977. The first-order valence-corrected chi connectivity index (χ1v) is 11.6. The van der Waals surface area contributed by atoms with Crippen LogP contribution in [0.15, 0.2) is 60.7 Å². The predicted octanol–water partition coefficient (Wildman–Crippen LogP) is 6.38. The SMILES string of the molecule is CCCC(N)c1cccc(-c2cc(COc3ccccc3CC(=O)O)cc(C3CC3)c2)c1F. The van der Waals surface area contributed by atoms with E-state index in [1.165, 1.54) is 5.56 Å². The zero-order valence-electron chi connectivity index (χ0n) is 18.9. The number of carboxylic acid groups (broad SMARTS) is 1. The summed E-state index contributed by atoms with van der Waals surface area (Å²) in [5, 5.41) is 9.16. The Morgan fingerprint density at radius 2 is 1.94 bits per heavy atom. The van der Waals surface area contributed by atoms with Gasteiger partial charge in [0.15, 0.2) is 0 Å². The van der Waals surface area contributed by atoms with Crippen LogP contribution in [0.1, 0.15) is 66.8 Å². The van der Waals surface area contributed by atoms with Gasteiger partial charge in [-0.15, -0.1) is 0 Å². The first-order chi connectivity index (χ1) is 16.0. The molecule has 1 unspecified atom stereocenters. The third-order valence-corrected chi connectivity index (χ3v) is 6.11. The number of rotatable bonds is 10. The van der Waals surface area contributed by atoms with Gasteiger partial charge < -0.3 is 15.6 Å². The van der Waals surface area contributed by atoms with Gasteiger partial charge in [0.25, 0.3) is 0 Å². The molecule has 172 valence electrons. The molecular formula is C28H30FNO3. The Labute approximate surface area is 194 Å². The molecule has 0 radical (unpaired) electrons. The lowest BCUT2D eigenvalue weighted by Gasteiger charge is -2.16. The monoisotopic (exact) mass is 447 g/mol. The van der Waals surface area contributed by atoms with Gasteiger partial charge in [0.1, 0.15) is 18.2 Å². The highest BCUT2D eigenvalue weighted by molar-refractivity contribution is 5.71. The van der Waals surface area contributed by atoms with Crippen LogP contribution < -0.4 is 10.5 Å². The molecule has 0 saturated heterocycles. The van der Waals surface area contributed by atoms with Crippen molar-refractivity contribution >= 4 is 5.97 Å². The van der Waals surface area contributed by atoms with Crippen molar-refractivity contribution in [3.05, 3.63) is 88.7 Å². The number of halogens is 1. The topological polar surface area (TPSA) is 72.5 Å². The lowest BCUT2D eigenvalue weighted by atomic mass is 9.94. The molecule has 3 N–H and O–H groups in total. The maximum atomic E-state index is 15.5. The van der Waals surface area contributed by atoms with E-state index in [1.807, 2.05) is 25.1 Å². The highest BCUT2D eigenvalue weighted by Gasteiger charge is 2.25. The highest BCUT2D eigenvalue weighted by atomic mass is 19.1. The summed E-state index contributed by atoms with van der Waals surface area (Å²) in [6.07, 6.45) is 3.80. The second kappa shape index (κ2) is 10.2. The number of ether oxygens (including phenoxy) is 1. The van der Waals surface area contributed by atoms with Crippen LogP contribution in [0.5, 0.6) is 5.75 Å². The van der Waals surface area contributed by atoms with Crippen LogP contribution >= 0.6 is 0 Å². The van der Waals surface area contributed by atoms with E-state index in [0.717, 1.165) is 36.8 Å². The summed E-state index contributed by atoms with van der Waals surface area (Å²) >= 11 is 0. The number of carbonyl (C=O) groups is 1. The minimum atomic E-state index is -0.902. The third-order valence-electron chi connectivity index (χ3n) is 6.11. The van der Waals surface area contributed by atoms with Crippen molar-refractivity contribution < 1.29 is 19.0 Å². The second-order valence-corrected chi connectivity index (χ2v) is 8.81. The molecule has 1 atom stereocenters. The fourth-order valence-corrected chi connectivity index (χ4v) is 4.25. The molecule has 0 heterocycles. The van der Waals surface area contributed by atoms with Gasteiger partial charge in [0, 0.05) is 22.7 Å². The van der Waals surface area contributed by atoms with E-state index in [1.54, 1.807) is 30.3 Å². The van der Waals surface area contributed by atoms with E-state index >= 15 is 4.39 Å². The molecule has 1 aliphatic rings. The Bertz CT molecular complexity index is 1140. The summed E-state index contributed by atoms with van der Waals surface area (Å²) in [4.78, 5) is 11.2. The zero-order chi connectivity index (χ0) is 23.4. The highest BCUT2D eigenvalue weighted by Crippen LogP contribution is 2.42. The molecule has 0 amide bonds. The first-order valence-electron chi connectivity index (χ1n) is 11.6. The van der Waals surface area contributed by atoms with Gasteiger partial charge in [-0.2, -0.15) is 0 Å². The second-order valence-electron chi connectivity index (χ2n) is 8.81. The Balaban J connectivity index is 1.64. The number of nitrogens with two attached hydrogens (primary N) is 1. The predicted molar refractivity (Wildman–Crippen MR) is 128 cm³/mol. The lowest BCUT2D eigenvalue weighted by molar-refractivity contribution is -0.136. The summed E-state index contributed by atoms with van der Waals surface area (Å²) in [5.41, 5.74) is 10.9. The van der Waals surface area contributed by atoms with Crippen molar-refractivity contribution in [2.45, 2.75) is 57.6 Å². The van der Waals surface area contributed by atoms with Crippen molar-refractivity contribution in [2.24, 2.45) is 5.73 Å². The average molecular weight is 448 g/mol. The third kappa shape index (κ3) is 5.60. The minimum Gasteiger partial charge on any atom is -0.489 e. The van der Waals surface area contributed by atoms with Gasteiger partial charge in [0.2, 0.25) is 0 Å². The van der Waals surface area contributed by atoms with Crippen LogP contribution in [0.3, 0.4) is 0 Å². The average Bonchev–Trinajstić information content (AvgIpc) is 3.64. The van der Waals surface area contributed by atoms with Crippen LogP contribution in [0.25, 0.3) is 11.1 Å². The molecule has 5 heteroatoms. The molecule has 0 spiro atoms. The number of carboxylic acids is 1. The summed E-state index contributed by atoms with van der Waals surface area (Å²) < 4.78 is 21.5. The van der Waals surface area contributed by atoms with Gasteiger partial charge in [-0.25, -0.2) is 4.39 Å². The molecule has 1 aliphatic carbocycles. The maximum absolute atomic E-state index is 15.5. The number of aliphatic carboxylic acids is 1. The van der Waals surface area contributed by atoms with Crippen molar-refractivity contribution in [3.63, 3.8) is 0 Å². The Kier molecular flexibility index (Phi) is 7.09. The summed E-state index contributed by atoms with van der Waals surface area (Å²) in [6.45, 7) is 2.32. The van der Waals surface area contributed by atoms with E-state index in [0.29, 0.717) is 28.4 Å². The Hall–Kier alpha value is -3.18. The van der Waals surface area contributed by atoms with Crippen LogP contribution in [-0.2, 0) is 17.8 Å². The molecule has 4 rings (SSSR count). The fourth-order valence-electron chi connectivity index (χ4n) is 4.25. The van der Waals surface area contributed by atoms with E-state index in [4.69, 9.17) is 15.6 Å². The molecule has 1 saturated carbocycles. The largest absolute Gasteiger partial charge is 0.489 e. The van der Waals surface area contributed by atoms with Crippen LogP contribution in [0.4, 0.5) is 4.39 Å². The normalized spacial score (nSPS) is 14.2. The van der Waals surface area contributed by atoms with Crippen molar-refractivity contribution in [1.29, 1.82) is 0 Å². The van der Waals surface area contributed by atoms with Crippen LogP contribution in [0.2, 0.25) is 0 Å². The van der Waals surface area contributed by atoms with Gasteiger partial charge >= 0.3 is 5.97 Å². The number of benzene rings is 3. The van der Waals surface area contributed by atoms with Gasteiger partial charge in [-0.3, -0.25) is 4.79 Å². The lowest BCUT2D eigenvalue weighted by Crippen LogP contribution is -2.12. The number of hydrogen-bond acceptors (Lipinski definition) is 3. The van der Waals surface area contributed by atoms with E-state index in [9.17, 15) is 4.79 Å².